The van der Waals surface area contributed by atoms with Crippen LogP contribution in [-0.4, -0.2) is 10.9 Å². The fourth-order valence-electron chi connectivity index (χ4n) is 1.10. The van der Waals surface area contributed by atoms with Crippen molar-refractivity contribution in [2.45, 2.75) is 0 Å². The van der Waals surface area contributed by atoms with Gasteiger partial charge < -0.3 is 5.32 Å². The van der Waals surface area contributed by atoms with Gasteiger partial charge in [-0.25, -0.2) is 4.98 Å². The Morgan fingerprint density at radius 2 is 2.25 bits per heavy atom. The monoisotopic (exact) mass is 360 g/mol. The van der Waals surface area contributed by atoms with E-state index in [1.807, 2.05) is 0 Å². The van der Waals surface area contributed by atoms with E-state index in [1.165, 1.54) is 11.3 Å². The molecule has 1 amide bonds. The largest absolute Gasteiger partial charge is 0.320 e. The number of halogens is 2. The number of nitrogens with one attached hydrogen (secondary N) is 1. The minimum Gasteiger partial charge on any atom is -0.320 e. The Hall–Kier alpha value is -0.720. The summed E-state index contributed by atoms with van der Waals surface area (Å²) in [5.41, 5.74) is 1.29. The molecule has 0 radical (unpaired) electrons. The number of hydrogen-bond acceptors (Lipinski definition) is 3. The van der Waals surface area contributed by atoms with Crippen molar-refractivity contribution >= 4 is 54.8 Å². The number of rotatable bonds is 2. The van der Waals surface area contributed by atoms with Crippen LogP contribution < -0.4 is 5.32 Å². The summed E-state index contributed by atoms with van der Waals surface area (Å²) in [7, 11) is 0. The highest BCUT2D eigenvalue weighted by molar-refractivity contribution is 9.11. The molecule has 0 aliphatic carbocycles. The van der Waals surface area contributed by atoms with E-state index < -0.39 is 0 Å². The minimum atomic E-state index is -0.143. The fourth-order valence-corrected chi connectivity index (χ4v) is 2.59. The zero-order valence-corrected chi connectivity index (χ0v) is 11.9. The van der Waals surface area contributed by atoms with Gasteiger partial charge in [0.25, 0.3) is 5.91 Å². The van der Waals surface area contributed by atoms with E-state index in [-0.39, 0.29) is 5.91 Å². The molecule has 2 heterocycles. The Morgan fingerprint density at radius 3 is 2.88 bits per heavy atom. The minimum absolute atomic E-state index is 0.143. The van der Waals surface area contributed by atoms with Gasteiger partial charge in [-0.1, -0.05) is 0 Å². The maximum absolute atomic E-state index is 11.8. The zero-order chi connectivity index (χ0) is 11.5. The second-order valence-corrected chi connectivity index (χ2v) is 5.98. The highest BCUT2D eigenvalue weighted by atomic mass is 79.9. The number of pyridine rings is 1. The van der Waals surface area contributed by atoms with Gasteiger partial charge in [0.2, 0.25) is 0 Å². The number of hydrogen-bond donors (Lipinski definition) is 1. The van der Waals surface area contributed by atoms with E-state index >= 15 is 0 Å². The molecule has 16 heavy (non-hydrogen) atoms. The van der Waals surface area contributed by atoms with E-state index in [4.69, 9.17) is 0 Å². The maximum atomic E-state index is 11.8. The van der Waals surface area contributed by atoms with Crippen LogP contribution in [0.3, 0.4) is 0 Å². The summed E-state index contributed by atoms with van der Waals surface area (Å²) >= 11 is 8.06. The van der Waals surface area contributed by atoms with Crippen LogP contribution in [0.25, 0.3) is 0 Å². The average molecular weight is 362 g/mol. The molecule has 2 rings (SSSR count). The van der Waals surface area contributed by atoms with E-state index in [2.05, 4.69) is 42.2 Å². The van der Waals surface area contributed by atoms with Crippen molar-refractivity contribution in [3.8, 4) is 0 Å². The predicted molar refractivity (Wildman–Crippen MR) is 71.9 cm³/mol. The lowest BCUT2D eigenvalue weighted by molar-refractivity contribution is 0.102. The van der Waals surface area contributed by atoms with Gasteiger partial charge in [0.05, 0.1) is 15.0 Å². The third-order valence-corrected chi connectivity index (χ3v) is 3.97. The van der Waals surface area contributed by atoms with Crippen molar-refractivity contribution in [3.05, 3.63) is 43.7 Å². The summed E-state index contributed by atoms with van der Waals surface area (Å²) in [5, 5.41) is 4.57. The summed E-state index contributed by atoms with van der Waals surface area (Å²) in [6.07, 6.45) is 1.65. The van der Waals surface area contributed by atoms with Crippen LogP contribution in [0.1, 0.15) is 10.4 Å². The average Bonchev–Trinajstić information content (AvgIpc) is 2.68. The van der Waals surface area contributed by atoms with Gasteiger partial charge in [0.1, 0.15) is 4.60 Å². The third kappa shape index (κ3) is 2.69. The molecule has 0 aliphatic heterocycles. The lowest BCUT2D eigenvalue weighted by Crippen LogP contribution is -2.11. The van der Waals surface area contributed by atoms with Crippen molar-refractivity contribution in [2.75, 3.05) is 5.32 Å². The predicted octanol–water partition coefficient (Wildman–Crippen LogP) is 3.92. The van der Waals surface area contributed by atoms with Gasteiger partial charge in [-0.2, -0.15) is 0 Å². The molecule has 1 N–H and O–H groups in total. The van der Waals surface area contributed by atoms with Crippen molar-refractivity contribution in [2.24, 2.45) is 0 Å². The first-order valence-corrected chi connectivity index (χ1v) is 6.79. The normalized spacial score (nSPS) is 10.1. The number of carbonyl (C=O) groups is 1. The highest BCUT2D eigenvalue weighted by Crippen LogP contribution is 2.23. The standard InChI is InChI=1S/C10H6Br2N2OS/c11-8-4-6(5-16-8)10(15)14-7-2-1-3-13-9(7)12/h1-5H,(H,14,15). The van der Waals surface area contributed by atoms with Gasteiger partial charge in [-0.05, 0) is 50.1 Å². The Labute approximate surface area is 113 Å². The summed E-state index contributed by atoms with van der Waals surface area (Å²) < 4.78 is 1.56. The molecule has 3 nitrogen and oxygen atoms in total. The van der Waals surface area contributed by atoms with E-state index in [0.717, 1.165) is 3.79 Å². The van der Waals surface area contributed by atoms with Crippen LogP contribution in [0.5, 0.6) is 0 Å². The number of aromatic nitrogens is 1. The van der Waals surface area contributed by atoms with Gasteiger partial charge in [-0.15, -0.1) is 11.3 Å². The molecule has 6 heteroatoms. The van der Waals surface area contributed by atoms with E-state index in [9.17, 15) is 4.79 Å². The van der Waals surface area contributed by atoms with Crippen LogP contribution in [0, 0.1) is 0 Å². The second-order valence-electron chi connectivity index (χ2n) is 2.94. The first-order valence-electron chi connectivity index (χ1n) is 4.33. The Bertz CT molecular complexity index is 527. The number of anilines is 1. The second kappa shape index (κ2) is 5.07. The quantitative estimate of drug-likeness (QED) is 0.823. The van der Waals surface area contributed by atoms with Crippen LogP contribution in [0.15, 0.2) is 38.2 Å². The highest BCUT2D eigenvalue weighted by Gasteiger charge is 2.09. The molecule has 0 atom stereocenters. The van der Waals surface area contributed by atoms with Crippen LogP contribution >= 0.6 is 43.2 Å². The Balaban J connectivity index is 2.17. The molecule has 0 saturated carbocycles. The summed E-state index contributed by atoms with van der Waals surface area (Å²) in [6, 6.07) is 5.34. The lowest BCUT2D eigenvalue weighted by atomic mass is 10.3. The summed E-state index contributed by atoms with van der Waals surface area (Å²) in [6.45, 7) is 0. The van der Waals surface area contributed by atoms with Crippen molar-refractivity contribution in [1.82, 2.24) is 4.98 Å². The number of carbonyl (C=O) groups excluding carboxylic acids is 1. The lowest BCUT2D eigenvalue weighted by Gasteiger charge is -2.04. The Morgan fingerprint density at radius 1 is 1.44 bits per heavy atom. The molecule has 0 spiro atoms. The van der Waals surface area contributed by atoms with E-state index in [0.29, 0.717) is 15.9 Å². The molecule has 0 saturated heterocycles. The first-order chi connectivity index (χ1) is 7.66. The topological polar surface area (TPSA) is 42.0 Å². The zero-order valence-electron chi connectivity index (χ0n) is 7.91. The van der Waals surface area contributed by atoms with Crippen molar-refractivity contribution in [1.29, 1.82) is 0 Å². The van der Waals surface area contributed by atoms with Crippen LogP contribution in [0.2, 0.25) is 0 Å². The molecule has 0 aromatic carbocycles. The molecule has 2 aromatic heterocycles. The molecule has 0 aliphatic rings. The van der Waals surface area contributed by atoms with E-state index in [1.54, 1.807) is 29.8 Å². The summed E-state index contributed by atoms with van der Waals surface area (Å²) in [4.78, 5) is 15.8. The van der Waals surface area contributed by atoms with Crippen molar-refractivity contribution < 1.29 is 4.79 Å². The van der Waals surface area contributed by atoms with Gasteiger partial charge in [0.15, 0.2) is 0 Å². The maximum Gasteiger partial charge on any atom is 0.256 e. The number of nitrogens with zero attached hydrogens (tertiary/aromatic N) is 1. The molecule has 0 fully saturated rings. The summed E-state index contributed by atoms with van der Waals surface area (Å²) in [5.74, 6) is -0.143. The molecule has 82 valence electrons. The fraction of sp³-hybridized carbons (Fsp3) is 0. The molecule has 0 bridgehead atoms. The van der Waals surface area contributed by atoms with Crippen LogP contribution in [0.4, 0.5) is 5.69 Å². The number of thiophene rings is 1. The van der Waals surface area contributed by atoms with Crippen molar-refractivity contribution in [3.63, 3.8) is 0 Å². The van der Waals surface area contributed by atoms with Gasteiger partial charge in [-0.3, -0.25) is 4.79 Å². The van der Waals surface area contributed by atoms with Crippen LogP contribution in [-0.2, 0) is 0 Å². The molecular weight excluding hydrogens is 356 g/mol. The van der Waals surface area contributed by atoms with Gasteiger partial charge >= 0.3 is 0 Å². The SMILES string of the molecule is O=C(Nc1cccnc1Br)c1csc(Br)c1. The molecular formula is C10H6Br2N2OS. The first kappa shape index (κ1) is 11.8. The Kier molecular flexibility index (Phi) is 3.73. The van der Waals surface area contributed by atoms with Gasteiger partial charge in [0, 0.05) is 11.6 Å². The number of amides is 1. The smallest absolute Gasteiger partial charge is 0.256 e. The third-order valence-electron chi connectivity index (χ3n) is 1.84. The molecule has 0 unspecified atom stereocenters. The molecule has 2 aromatic rings.